The number of fused-ring (bicyclic) bond motifs is 1. The van der Waals surface area contributed by atoms with Crippen LogP contribution in [0, 0.1) is 22.6 Å². The summed E-state index contributed by atoms with van der Waals surface area (Å²) < 4.78 is 15.8. The van der Waals surface area contributed by atoms with Gasteiger partial charge < -0.3 is 16.1 Å². The van der Waals surface area contributed by atoms with E-state index in [9.17, 15) is 9.65 Å². The summed E-state index contributed by atoms with van der Waals surface area (Å²) in [6, 6.07) is 13.5. The lowest BCUT2D eigenvalue weighted by molar-refractivity contribution is 0.260. The van der Waals surface area contributed by atoms with Crippen LogP contribution in [0.2, 0.25) is 0 Å². The van der Waals surface area contributed by atoms with Gasteiger partial charge in [-0.05, 0) is 48.1 Å². The van der Waals surface area contributed by atoms with Gasteiger partial charge in [-0.3, -0.25) is 14.7 Å². The highest BCUT2D eigenvalue weighted by Gasteiger charge is 2.38. The maximum atomic E-state index is 14.0. The van der Waals surface area contributed by atoms with E-state index in [1.165, 1.54) is 12.1 Å². The van der Waals surface area contributed by atoms with Crippen molar-refractivity contribution in [2.24, 2.45) is 12.5 Å². The Labute approximate surface area is 246 Å². The predicted molar refractivity (Wildman–Crippen MR) is 166 cm³/mol. The average molecular weight is 563 g/mol. The van der Waals surface area contributed by atoms with Crippen LogP contribution in [0.4, 0.5) is 15.8 Å². The molecule has 0 saturated heterocycles. The second kappa shape index (κ2) is 10.4. The molecule has 0 radical (unpaired) electrons. The summed E-state index contributed by atoms with van der Waals surface area (Å²) in [7, 11) is 3.96. The monoisotopic (exact) mass is 563 g/mol. The molecule has 1 saturated carbocycles. The first-order chi connectivity index (χ1) is 20.0. The van der Waals surface area contributed by atoms with Crippen LogP contribution in [0.1, 0.15) is 44.7 Å². The van der Waals surface area contributed by atoms with Crippen molar-refractivity contribution >= 4 is 30.1 Å². The van der Waals surface area contributed by atoms with Gasteiger partial charge in [-0.15, -0.1) is 5.53 Å². The Morgan fingerprint density at radius 3 is 2.57 bits per heavy atom. The Bertz CT molecular complexity index is 1710. The number of aryl methyl sites for hydroxylation is 1. The minimum absolute atomic E-state index is 0.00738. The number of anilines is 2. The van der Waals surface area contributed by atoms with Gasteiger partial charge >= 0.3 is 0 Å². The number of pyridine rings is 1. The van der Waals surface area contributed by atoms with E-state index in [1.54, 1.807) is 23.0 Å². The molecule has 1 aliphatic carbocycles. The quantitative estimate of drug-likeness (QED) is 0.235. The molecule has 4 aromatic rings. The molecule has 2 aliphatic rings. The van der Waals surface area contributed by atoms with E-state index in [4.69, 9.17) is 4.98 Å². The van der Waals surface area contributed by atoms with Crippen LogP contribution < -0.4 is 21.6 Å². The number of aromatic nitrogens is 3. The van der Waals surface area contributed by atoms with Crippen LogP contribution in [-0.4, -0.2) is 40.2 Å². The minimum atomic E-state index is -0.760. The van der Waals surface area contributed by atoms with Gasteiger partial charge in [0.25, 0.3) is 0 Å². The average Bonchev–Trinajstić information content (AvgIpc) is 3.51. The molecule has 214 valence electrons. The van der Waals surface area contributed by atoms with Gasteiger partial charge in [-0.25, -0.2) is 4.39 Å². The van der Waals surface area contributed by atoms with Gasteiger partial charge in [-0.2, -0.15) is 10.4 Å². The van der Waals surface area contributed by atoms with Crippen molar-refractivity contribution in [2.45, 2.75) is 45.1 Å². The number of nitrogens with zero attached hydrogens (tertiary/aromatic N) is 5. The second-order valence-corrected chi connectivity index (χ2v) is 12.6. The van der Waals surface area contributed by atoms with Crippen LogP contribution in [0.5, 0.6) is 0 Å². The van der Waals surface area contributed by atoms with Gasteiger partial charge in [0.2, 0.25) is 0 Å². The van der Waals surface area contributed by atoms with Gasteiger partial charge in [-0.1, -0.05) is 32.9 Å². The first kappa shape index (κ1) is 27.6. The second-order valence-electron chi connectivity index (χ2n) is 12.6. The summed E-state index contributed by atoms with van der Waals surface area (Å²) >= 11 is 0. The summed E-state index contributed by atoms with van der Waals surface area (Å²) in [5.41, 5.74) is 12.3. The lowest BCUT2D eigenvalue weighted by Crippen LogP contribution is -2.45. The maximum Gasteiger partial charge on any atom is 0.148 e. The van der Waals surface area contributed by atoms with Crippen molar-refractivity contribution in [3.8, 4) is 17.2 Å². The zero-order chi connectivity index (χ0) is 29.6. The molecule has 2 aromatic carbocycles. The molecular weight excluding hydrogens is 528 g/mol. The summed E-state index contributed by atoms with van der Waals surface area (Å²) in [4.78, 5) is 4.75. The van der Waals surface area contributed by atoms with E-state index < -0.39 is 5.44 Å². The van der Waals surface area contributed by atoms with Crippen molar-refractivity contribution in [2.75, 3.05) is 17.2 Å². The molecule has 0 amide bonds. The zero-order valence-corrected chi connectivity index (χ0v) is 24.6. The molecule has 0 spiro atoms. The van der Waals surface area contributed by atoms with Crippen molar-refractivity contribution in [1.29, 1.82) is 5.26 Å². The smallest absolute Gasteiger partial charge is 0.148 e. The standard InChI is InChI=1S/C31H35BFN9/c1-30(2,3)18-36-28-19(13-34)14-35-29-25(20-15-37-41(4)16-20)11-23(12-26(28)29)38-31(32,21-5-7-22(33)8-6-21)27-17-42(40-39-27)24-9-10-24/h5-8,11-12,14-17,24,38-40H,9-10,18,32H2,1-4H3,(H,35,36). The normalized spacial score (nSPS) is 16.5. The molecule has 0 bridgehead atoms. The number of halogens is 1. The lowest BCUT2D eigenvalue weighted by Gasteiger charge is -2.34. The third-order valence-electron chi connectivity index (χ3n) is 7.79. The van der Waals surface area contributed by atoms with Crippen LogP contribution in [0.25, 0.3) is 22.0 Å². The van der Waals surface area contributed by atoms with E-state index in [0.717, 1.165) is 57.5 Å². The van der Waals surface area contributed by atoms with Crippen molar-refractivity contribution < 1.29 is 4.39 Å². The topological polar surface area (TPSA) is 106 Å². The van der Waals surface area contributed by atoms with E-state index >= 15 is 0 Å². The van der Waals surface area contributed by atoms with Crippen molar-refractivity contribution in [3.63, 3.8) is 0 Å². The van der Waals surface area contributed by atoms with E-state index in [1.807, 2.05) is 25.5 Å². The number of hydrogen-bond acceptors (Lipinski definition) is 8. The fraction of sp³-hybridized carbons (Fsp3) is 0.323. The molecule has 3 heterocycles. The number of nitrogens with one attached hydrogen (secondary N) is 4. The van der Waals surface area contributed by atoms with Gasteiger partial charge in [0.1, 0.15) is 19.7 Å². The van der Waals surface area contributed by atoms with Crippen LogP contribution in [0.3, 0.4) is 0 Å². The fourth-order valence-corrected chi connectivity index (χ4v) is 5.28. The molecule has 9 nitrogen and oxygen atoms in total. The predicted octanol–water partition coefficient (Wildman–Crippen LogP) is 4.33. The molecule has 1 unspecified atom stereocenters. The molecular formula is C31H35BFN9. The molecule has 42 heavy (non-hydrogen) atoms. The van der Waals surface area contributed by atoms with Gasteiger partial charge in [0.05, 0.1) is 34.1 Å². The van der Waals surface area contributed by atoms with Gasteiger partial charge in [0, 0.05) is 60.4 Å². The number of hydrazine groups is 2. The highest BCUT2D eigenvalue weighted by molar-refractivity contribution is 6.19. The maximum absolute atomic E-state index is 14.0. The third-order valence-corrected chi connectivity index (χ3v) is 7.79. The molecule has 2 aromatic heterocycles. The molecule has 4 N–H and O–H groups in total. The highest BCUT2D eigenvalue weighted by atomic mass is 19.1. The van der Waals surface area contributed by atoms with Crippen LogP contribution in [-0.2, 0) is 12.5 Å². The number of nitriles is 1. The Balaban J connectivity index is 1.53. The Kier molecular flexibility index (Phi) is 6.82. The third kappa shape index (κ3) is 5.38. The Morgan fingerprint density at radius 1 is 1.17 bits per heavy atom. The summed E-state index contributed by atoms with van der Waals surface area (Å²) in [6.45, 7) is 7.13. The summed E-state index contributed by atoms with van der Waals surface area (Å²) in [5, 5.41) is 24.7. The Hall–Kier alpha value is -4.56. The Morgan fingerprint density at radius 2 is 1.93 bits per heavy atom. The highest BCUT2D eigenvalue weighted by Crippen LogP contribution is 2.39. The number of rotatable bonds is 8. The van der Waals surface area contributed by atoms with Crippen LogP contribution in [0.15, 0.2) is 66.9 Å². The van der Waals surface area contributed by atoms with E-state index in [-0.39, 0.29) is 11.2 Å². The SMILES string of the molecule is BC(Nc1cc(-c2cnn(C)c2)c2ncc(C#N)c(NCC(C)(C)C)c2c1)(C1=CN(C2CC2)NN1)c1ccc(F)cc1. The molecule has 1 aliphatic heterocycles. The number of hydrogen-bond donors (Lipinski definition) is 4. The minimum Gasteiger partial charge on any atom is -0.383 e. The zero-order valence-electron chi connectivity index (χ0n) is 24.6. The van der Waals surface area contributed by atoms with Gasteiger partial charge in [0.15, 0.2) is 0 Å². The first-order valence-electron chi connectivity index (χ1n) is 14.2. The molecule has 1 fully saturated rings. The molecule has 6 rings (SSSR count). The summed E-state index contributed by atoms with van der Waals surface area (Å²) in [6.07, 6.45) is 9.77. The van der Waals surface area contributed by atoms with E-state index in [2.05, 4.69) is 78.7 Å². The fourth-order valence-electron chi connectivity index (χ4n) is 5.28. The van der Waals surface area contributed by atoms with Crippen LogP contribution >= 0.6 is 0 Å². The lowest BCUT2D eigenvalue weighted by atomic mass is 9.69. The van der Waals surface area contributed by atoms with E-state index in [0.29, 0.717) is 18.2 Å². The number of benzene rings is 2. The van der Waals surface area contributed by atoms with Crippen molar-refractivity contribution in [1.82, 2.24) is 30.7 Å². The van der Waals surface area contributed by atoms with Crippen molar-refractivity contribution in [3.05, 3.63) is 83.8 Å². The summed E-state index contributed by atoms with van der Waals surface area (Å²) in [5.74, 6) is -0.290. The largest absolute Gasteiger partial charge is 0.383 e. The molecule has 1 atom stereocenters. The first-order valence-corrected chi connectivity index (χ1v) is 14.2. The molecule has 11 heteroatoms.